The standard InChI is InChI=1S/C20H24ClN3O3/c1-4-24(12-19(25)22-15-6-8-16(27-3)9-7-15)13-20(26)23-18-10-5-14(2)11-17(18)21/h5-11H,4,12-13H2,1-3H3,(H,22,25)(H,23,26). The second kappa shape index (κ2) is 9.94. The predicted molar refractivity (Wildman–Crippen MR) is 109 cm³/mol. The van der Waals surface area contributed by atoms with Gasteiger partial charge in [0.1, 0.15) is 5.75 Å². The predicted octanol–water partition coefficient (Wildman–Crippen LogP) is 3.56. The van der Waals surface area contributed by atoms with E-state index in [1.54, 1.807) is 48.4 Å². The molecule has 2 aromatic rings. The number of hydrogen-bond donors (Lipinski definition) is 2. The molecule has 2 aromatic carbocycles. The van der Waals surface area contributed by atoms with Crippen molar-refractivity contribution in [3.63, 3.8) is 0 Å². The zero-order valence-electron chi connectivity index (χ0n) is 15.7. The summed E-state index contributed by atoms with van der Waals surface area (Å²) in [5.41, 5.74) is 2.25. The highest BCUT2D eigenvalue weighted by atomic mass is 35.5. The maximum atomic E-state index is 12.3. The number of halogens is 1. The molecule has 0 aliphatic rings. The average molecular weight is 390 g/mol. The van der Waals surface area contributed by atoms with Gasteiger partial charge in [0, 0.05) is 5.69 Å². The van der Waals surface area contributed by atoms with E-state index in [4.69, 9.17) is 16.3 Å². The van der Waals surface area contributed by atoms with Gasteiger partial charge in [0.05, 0.1) is 30.9 Å². The first-order valence-corrected chi connectivity index (χ1v) is 9.01. The Balaban J connectivity index is 1.87. The van der Waals surface area contributed by atoms with Gasteiger partial charge in [-0.3, -0.25) is 14.5 Å². The van der Waals surface area contributed by atoms with Crippen LogP contribution in [0.15, 0.2) is 42.5 Å². The van der Waals surface area contributed by atoms with Gasteiger partial charge >= 0.3 is 0 Å². The van der Waals surface area contributed by atoms with Crippen molar-refractivity contribution >= 4 is 34.8 Å². The number of carbonyl (C=O) groups is 2. The third kappa shape index (κ3) is 6.58. The summed E-state index contributed by atoms with van der Waals surface area (Å²) >= 11 is 6.14. The molecule has 2 rings (SSSR count). The molecule has 0 fully saturated rings. The average Bonchev–Trinajstić information content (AvgIpc) is 2.64. The molecular formula is C20H24ClN3O3. The first-order chi connectivity index (χ1) is 12.9. The minimum Gasteiger partial charge on any atom is -0.497 e. The molecule has 6 nitrogen and oxygen atoms in total. The normalized spacial score (nSPS) is 10.6. The van der Waals surface area contributed by atoms with E-state index >= 15 is 0 Å². The number of benzene rings is 2. The number of methoxy groups -OCH3 is 1. The Morgan fingerprint density at radius 1 is 1.04 bits per heavy atom. The Labute approximate surface area is 164 Å². The van der Waals surface area contributed by atoms with E-state index in [0.29, 0.717) is 22.9 Å². The fourth-order valence-corrected chi connectivity index (χ4v) is 2.75. The molecule has 144 valence electrons. The summed E-state index contributed by atoms with van der Waals surface area (Å²) in [6.45, 7) is 4.59. The summed E-state index contributed by atoms with van der Waals surface area (Å²) in [6.07, 6.45) is 0. The van der Waals surface area contributed by atoms with Crippen LogP contribution in [-0.2, 0) is 9.59 Å². The SMILES string of the molecule is CCN(CC(=O)Nc1ccc(OC)cc1)CC(=O)Nc1ccc(C)cc1Cl. The Morgan fingerprint density at radius 2 is 1.67 bits per heavy atom. The molecule has 0 radical (unpaired) electrons. The quantitative estimate of drug-likeness (QED) is 0.724. The van der Waals surface area contributed by atoms with Gasteiger partial charge in [-0.25, -0.2) is 0 Å². The van der Waals surface area contributed by atoms with Crippen LogP contribution in [0.2, 0.25) is 5.02 Å². The number of likely N-dealkylation sites (N-methyl/N-ethyl adjacent to an activating group) is 1. The van der Waals surface area contributed by atoms with Crippen molar-refractivity contribution in [2.45, 2.75) is 13.8 Å². The van der Waals surface area contributed by atoms with E-state index in [9.17, 15) is 9.59 Å². The molecule has 27 heavy (non-hydrogen) atoms. The number of nitrogens with zero attached hydrogens (tertiary/aromatic N) is 1. The second-order valence-electron chi connectivity index (χ2n) is 6.11. The lowest BCUT2D eigenvalue weighted by atomic mass is 10.2. The van der Waals surface area contributed by atoms with Crippen LogP contribution in [0, 0.1) is 6.92 Å². The molecule has 0 unspecified atom stereocenters. The molecule has 0 aromatic heterocycles. The summed E-state index contributed by atoms with van der Waals surface area (Å²) in [6, 6.07) is 12.5. The van der Waals surface area contributed by atoms with Crippen LogP contribution in [0.3, 0.4) is 0 Å². The third-order valence-corrected chi connectivity index (χ3v) is 4.27. The smallest absolute Gasteiger partial charge is 0.238 e. The Bertz CT molecular complexity index is 794. The highest BCUT2D eigenvalue weighted by Crippen LogP contribution is 2.22. The lowest BCUT2D eigenvalue weighted by Gasteiger charge is -2.19. The van der Waals surface area contributed by atoms with Crippen molar-refractivity contribution in [2.24, 2.45) is 0 Å². The topological polar surface area (TPSA) is 70.7 Å². The minimum atomic E-state index is -0.222. The van der Waals surface area contributed by atoms with Gasteiger partial charge in [-0.1, -0.05) is 24.6 Å². The highest BCUT2D eigenvalue weighted by Gasteiger charge is 2.14. The number of aryl methyl sites for hydroxylation is 1. The van der Waals surface area contributed by atoms with E-state index < -0.39 is 0 Å². The summed E-state index contributed by atoms with van der Waals surface area (Å²) in [5.74, 6) is 0.303. The number of nitrogens with one attached hydrogen (secondary N) is 2. The molecule has 0 spiro atoms. The fraction of sp³-hybridized carbons (Fsp3) is 0.300. The number of rotatable bonds is 8. The fourth-order valence-electron chi connectivity index (χ4n) is 2.47. The number of anilines is 2. The number of ether oxygens (including phenoxy) is 1. The number of carbonyl (C=O) groups excluding carboxylic acids is 2. The Kier molecular flexibility index (Phi) is 7.64. The number of hydrogen-bond acceptors (Lipinski definition) is 4. The molecule has 0 atom stereocenters. The molecule has 2 N–H and O–H groups in total. The highest BCUT2D eigenvalue weighted by molar-refractivity contribution is 6.33. The van der Waals surface area contributed by atoms with Crippen LogP contribution >= 0.6 is 11.6 Å². The van der Waals surface area contributed by atoms with Crippen molar-refractivity contribution < 1.29 is 14.3 Å². The van der Waals surface area contributed by atoms with Crippen molar-refractivity contribution in [1.82, 2.24) is 4.90 Å². The summed E-state index contributed by atoms with van der Waals surface area (Å²) in [4.78, 5) is 26.2. The summed E-state index contributed by atoms with van der Waals surface area (Å²) < 4.78 is 5.09. The molecule has 0 heterocycles. The molecule has 0 aliphatic carbocycles. The maximum absolute atomic E-state index is 12.3. The van der Waals surface area contributed by atoms with Gasteiger partial charge in [-0.05, 0) is 55.4 Å². The monoisotopic (exact) mass is 389 g/mol. The van der Waals surface area contributed by atoms with Crippen LogP contribution in [0.5, 0.6) is 5.75 Å². The van der Waals surface area contributed by atoms with Crippen LogP contribution in [0.1, 0.15) is 12.5 Å². The maximum Gasteiger partial charge on any atom is 0.238 e. The van der Waals surface area contributed by atoms with Gasteiger partial charge in [0.15, 0.2) is 0 Å². The van der Waals surface area contributed by atoms with Crippen molar-refractivity contribution in [3.05, 3.63) is 53.1 Å². The van der Waals surface area contributed by atoms with Crippen LogP contribution in [0.4, 0.5) is 11.4 Å². The van der Waals surface area contributed by atoms with Crippen molar-refractivity contribution in [2.75, 3.05) is 37.4 Å². The molecule has 0 bridgehead atoms. The second-order valence-corrected chi connectivity index (χ2v) is 6.52. The molecule has 0 saturated carbocycles. The zero-order chi connectivity index (χ0) is 19.8. The Morgan fingerprint density at radius 3 is 2.22 bits per heavy atom. The molecular weight excluding hydrogens is 366 g/mol. The first-order valence-electron chi connectivity index (χ1n) is 8.63. The van der Waals surface area contributed by atoms with Gasteiger partial charge in [0.2, 0.25) is 11.8 Å². The van der Waals surface area contributed by atoms with E-state index in [1.165, 1.54) is 0 Å². The molecule has 2 amide bonds. The largest absolute Gasteiger partial charge is 0.497 e. The van der Waals surface area contributed by atoms with Gasteiger partial charge in [-0.15, -0.1) is 0 Å². The van der Waals surface area contributed by atoms with Crippen LogP contribution < -0.4 is 15.4 Å². The lowest BCUT2D eigenvalue weighted by molar-refractivity contribution is -0.119. The summed E-state index contributed by atoms with van der Waals surface area (Å²) in [5, 5.41) is 6.08. The van der Waals surface area contributed by atoms with E-state index in [1.807, 2.05) is 19.9 Å². The Hall–Kier alpha value is -2.57. The van der Waals surface area contributed by atoms with Crippen LogP contribution in [0.25, 0.3) is 0 Å². The molecule has 7 heteroatoms. The first kappa shape index (κ1) is 20.7. The van der Waals surface area contributed by atoms with E-state index in [2.05, 4.69) is 10.6 Å². The third-order valence-electron chi connectivity index (χ3n) is 3.95. The zero-order valence-corrected chi connectivity index (χ0v) is 16.5. The summed E-state index contributed by atoms with van der Waals surface area (Å²) in [7, 11) is 1.58. The van der Waals surface area contributed by atoms with Gasteiger partial charge < -0.3 is 15.4 Å². The lowest BCUT2D eigenvalue weighted by Crippen LogP contribution is -2.38. The van der Waals surface area contributed by atoms with E-state index in [-0.39, 0.29) is 24.9 Å². The van der Waals surface area contributed by atoms with Crippen LogP contribution in [-0.4, -0.2) is 43.5 Å². The minimum absolute atomic E-state index is 0.0940. The molecule has 0 aliphatic heterocycles. The van der Waals surface area contributed by atoms with Crippen molar-refractivity contribution in [1.29, 1.82) is 0 Å². The number of amides is 2. The van der Waals surface area contributed by atoms with Gasteiger partial charge in [0.25, 0.3) is 0 Å². The van der Waals surface area contributed by atoms with Crippen molar-refractivity contribution in [3.8, 4) is 5.75 Å². The van der Waals surface area contributed by atoms with E-state index in [0.717, 1.165) is 11.3 Å². The molecule has 0 saturated heterocycles. The van der Waals surface area contributed by atoms with Gasteiger partial charge in [-0.2, -0.15) is 0 Å².